The maximum Gasteiger partial charge on any atom is 0.158 e. The van der Waals surface area contributed by atoms with Crippen molar-refractivity contribution >= 4 is 11.9 Å². The number of rotatable bonds is 12. The summed E-state index contributed by atoms with van der Waals surface area (Å²) < 4.78 is 0. The first kappa shape index (κ1) is 18.7. The average molecular weight is 300 g/mol. The molecule has 22 heavy (non-hydrogen) atoms. The lowest BCUT2D eigenvalue weighted by molar-refractivity contribution is -0.117. The van der Waals surface area contributed by atoms with Gasteiger partial charge in [-0.25, -0.2) is 0 Å². The van der Waals surface area contributed by atoms with Gasteiger partial charge in [0.05, 0.1) is 0 Å². The normalized spacial score (nSPS) is 12.6. The Kier molecular flexibility index (Phi) is 10.4. The van der Waals surface area contributed by atoms with E-state index in [2.05, 4.69) is 13.8 Å². The van der Waals surface area contributed by atoms with Gasteiger partial charge in [0, 0.05) is 5.92 Å². The number of ketones is 1. The highest BCUT2D eigenvalue weighted by Gasteiger charge is 2.08. The van der Waals surface area contributed by atoms with Crippen molar-refractivity contribution < 1.29 is 4.79 Å². The molecule has 1 aromatic rings. The Bertz CT molecular complexity index is 419. The van der Waals surface area contributed by atoms with Gasteiger partial charge in [-0.1, -0.05) is 102 Å². The molecule has 0 aliphatic heterocycles. The molecule has 0 aliphatic carbocycles. The van der Waals surface area contributed by atoms with Crippen LogP contribution in [0.15, 0.2) is 36.4 Å². The molecule has 1 atom stereocenters. The van der Waals surface area contributed by atoms with Crippen LogP contribution in [-0.4, -0.2) is 5.78 Å². The zero-order chi connectivity index (χ0) is 16.0. The van der Waals surface area contributed by atoms with Crippen LogP contribution in [0, 0.1) is 5.92 Å². The van der Waals surface area contributed by atoms with Crippen LogP contribution in [0.2, 0.25) is 0 Å². The smallest absolute Gasteiger partial charge is 0.158 e. The van der Waals surface area contributed by atoms with E-state index in [0.717, 1.165) is 12.0 Å². The molecule has 0 fully saturated rings. The maximum atomic E-state index is 12.1. The SMILES string of the molecule is CCCCCCCCCCC(C)C(=O)C=Cc1ccccc1. The third kappa shape index (κ3) is 8.81. The van der Waals surface area contributed by atoms with Gasteiger partial charge < -0.3 is 0 Å². The second-order valence-electron chi connectivity index (χ2n) is 6.31. The molecule has 1 aromatic carbocycles. The van der Waals surface area contributed by atoms with Gasteiger partial charge in [-0.2, -0.15) is 0 Å². The van der Waals surface area contributed by atoms with Crippen LogP contribution in [0.3, 0.4) is 0 Å². The fraction of sp³-hybridized carbons (Fsp3) is 0.571. The van der Waals surface area contributed by atoms with Crippen LogP contribution in [0.4, 0.5) is 0 Å². The summed E-state index contributed by atoms with van der Waals surface area (Å²) in [5, 5.41) is 0. The highest BCUT2D eigenvalue weighted by molar-refractivity contribution is 5.95. The molecule has 0 bridgehead atoms. The minimum atomic E-state index is 0.153. The topological polar surface area (TPSA) is 17.1 Å². The Morgan fingerprint density at radius 2 is 1.55 bits per heavy atom. The summed E-state index contributed by atoms with van der Waals surface area (Å²) in [7, 11) is 0. The Balaban J connectivity index is 2.10. The Morgan fingerprint density at radius 1 is 0.955 bits per heavy atom. The lowest BCUT2D eigenvalue weighted by Gasteiger charge is -2.07. The van der Waals surface area contributed by atoms with Gasteiger partial charge >= 0.3 is 0 Å². The Labute approximate surface area is 136 Å². The third-order valence-corrected chi connectivity index (χ3v) is 4.22. The van der Waals surface area contributed by atoms with E-state index in [9.17, 15) is 4.79 Å². The minimum Gasteiger partial charge on any atom is -0.295 e. The summed E-state index contributed by atoms with van der Waals surface area (Å²) in [6, 6.07) is 10.0. The number of hydrogen-bond donors (Lipinski definition) is 0. The lowest BCUT2D eigenvalue weighted by Crippen LogP contribution is -2.07. The number of unbranched alkanes of at least 4 members (excludes halogenated alkanes) is 7. The van der Waals surface area contributed by atoms with E-state index in [1.807, 2.05) is 36.4 Å². The van der Waals surface area contributed by atoms with Gasteiger partial charge in [-0.05, 0) is 18.1 Å². The molecule has 0 N–H and O–H groups in total. The van der Waals surface area contributed by atoms with Gasteiger partial charge in [0.15, 0.2) is 5.78 Å². The summed E-state index contributed by atoms with van der Waals surface area (Å²) >= 11 is 0. The zero-order valence-corrected chi connectivity index (χ0v) is 14.4. The molecule has 122 valence electrons. The summed E-state index contributed by atoms with van der Waals surface area (Å²) in [5.74, 6) is 0.409. The molecule has 1 nitrogen and oxygen atoms in total. The molecule has 0 amide bonds. The van der Waals surface area contributed by atoms with Crippen LogP contribution >= 0.6 is 0 Å². The summed E-state index contributed by atoms with van der Waals surface area (Å²) in [6.07, 6.45) is 15.3. The van der Waals surface area contributed by atoms with Crippen LogP contribution in [0.25, 0.3) is 6.08 Å². The molecule has 0 spiro atoms. The second kappa shape index (κ2) is 12.2. The zero-order valence-electron chi connectivity index (χ0n) is 14.4. The molecule has 0 heterocycles. The Hall–Kier alpha value is -1.37. The number of benzene rings is 1. The van der Waals surface area contributed by atoms with E-state index in [1.165, 1.54) is 51.4 Å². The van der Waals surface area contributed by atoms with E-state index >= 15 is 0 Å². The van der Waals surface area contributed by atoms with Gasteiger partial charge in [-0.15, -0.1) is 0 Å². The van der Waals surface area contributed by atoms with Crippen LogP contribution < -0.4 is 0 Å². The van der Waals surface area contributed by atoms with Crippen molar-refractivity contribution in [2.75, 3.05) is 0 Å². The van der Waals surface area contributed by atoms with Crippen molar-refractivity contribution in [1.82, 2.24) is 0 Å². The number of carbonyl (C=O) groups is 1. The monoisotopic (exact) mass is 300 g/mol. The van der Waals surface area contributed by atoms with Gasteiger partial charge in [-0.3, -0.25) is 4.79 Å². The largest absolute Gasteiger partial charge is 0.295 e. The highest BCUT2D eigenvalue weighted by Crippen LogP contribution is 2.14. The van der Waals surface area contributed by atoms with Crippen molar-refractivity contribution in [3.05, 3.63) is 42.0 Å². The fourth-order valence-corrected chi connectivity index (χ4v) is 2.63. The van der Waals surface area contributed by atoms with Crippen LogP contribution in [0.1, 0.15) is 77.2 Å². The molecule has 1 heteroatoms. The van der Waals surface area contributed by atoms with E-state index in [4.69, 9.17) is 0 Å². The molecule has 0 aromatic heterocycles. The predicted octanol–water partition coefficient (Wildman–Crippen LogP) is 6.44. The van der Waals surface area contributed by atoms with Crippen molar-refractivity contribution in [2.24, 2.45) is 5.92 Å². The second-order valence-corrected chi connectivity index (χ2v) is 6.31. The highest BCUT2D eigenvalue weighted by atomic mass is 16.1. The quantitative estimate of drug-likeness (QED) is 0.321. The third-order valence-electron chi connectivity index (χ3n) is 4.22. The van der Waals surface area contributed by atoms with Gasteiger partial charge in [0.25, 0.3) is 0 Å². The summed E-state index contributed by atoms with van der Waals surface area (Å²) in [4.78, 5) is 12.1. The van der Waals surface area contributed by atoms with E-state index in [1.54, 1.807) is 6.08 Å². The molecule has 0 saturated heterocycles. The minimum absolute atomic E-state index is 0.153. The van der Waals surface area contributed by atoms with Crippen molar-refractivity contribution in [3.8, 4) is 0 Å². The molecule has 0 saturated carbocycles. The standard InChI is InChI=1S/C21H32O/c1-3-4-5-6-7-8-9-11-14-19(2)21(22)18-17-20-15-12-10-13-16-20/h10,12-13,15-19H,3-9,11,14H2,1-2H3. The molecule has 1 rings (SSSR count). The van der Waals surface area contributed by atoms with Crippen LogP contribution in [0.5, 0.6) is 0 Å². The lowest BCUT2D eigenvalue weighted by atomic mass is 9.97. The molecule has 0 radical (unpaired) electrons. The number of hydrogen-bond acceptors (Lipinski definition) is 1. The first-order valence-electron chi connectivity index (χ1n) is 9.01. The van der Waals surface area contributed by atoms with Crippen molar-refractivity contribution in [3.63, 3.8) is 0 Å². The first-order chi connectivity index (χ1) is 10.7. The Morgan fingerprint density at radius 3 is 2.18 bits per heavy atom. The summed E-state index contributed by atoms with van der Waals surface area (Å²) in [6.45, 7) is 4.31. The van der Waals surface area contributed by atoms with E-state index < -0.39 is 0 Å². The summed E-state index contributed by atoms with van der Waals surface area (Å²) in [5.41, 5.74) is 1.09. The fourth-order valence-electron chi connectivity index (χ4n) is 2.63. The average Bonchev–Trinajstić information content (AvgIpc) is 2.55. The van der Waals surface area contributed by atoms with Gasteiger partial charge in [0.1, 0.15) is 0 Å². The maximum absolute atomic E-state index is 12.1. The first-order valence-corrected chi connectivity index (χ1v) is 9.01. The number of carbonyl (C=O) groups excluding carboxylic acids is 1. The van der Waals surface area contributed by atoms with E-state index in [0.29, 0.717) is 0 Å². The molecule has 0 aliphatic rings. The van der Waals surface area contributed by atoms with Crippen molar-refractivity contribution in [2.45, 2.75) is 71.6 Å². The van der Waals surface area contributed by atoms with Gasteiger partial charge in [0.2, 0.25) is 0 Å². The predicted molar refractivity (Wildman–Crippen MR) is 96.9 cm³/mol. The van der Waals surface area contributed by atoms with E-state index in [-0.39, 0.29) is 11.7 Å². The van der Waals surface area contributed by atoms with Crippen molar-refractivity contribution in [1.29, 1.82) is 0 Å². The molecule has 1 unspecified atom stereocenters. The molecular weight excluding hydrogens is 268 g/mol. The molecular formula is C21H32O. The number of allylic oxidation sites excluding steroid dienone is 1. The van der Waals surface area contributed by atoms with Crippen LogP contribution in [-0.2, 0) is 4.79 Å².